The Hall–Kier alpha value is -1.24. The van der Waals surface area contributed by atoms with E-state index in [0.717, 1.165) is 25.7 Å². The van der Waals surface area contributed by atoms with Crippen molar-refractivity contribution >= 4 is 11.8 Å². The highest BCUT2D eigenvalue weighted by molar-refractivity contribution is 5.91. The van der Waals surface area contributed by atoms with Gasteiger partial charge in [0.1, 0.15) is 6.10 Å². The Labute approximate surface area is 160 Å². The summed E-state index contributed by atoms with van der Waals surface area (Å²) in [5.74, 6) is 0.746. The maximum atomic E-state index is 12.0. The standard InChI is InChI=1S/C21H30NO5/c1-12(23)27-17-11-21(3)16(6-7-18(21)22(25)26)15-5-4-13-10-14(24)8-9-20(13,2)19(15)17/h10,15-19,25H,4-9,11H2,1-3H3/q-1/t15?,16?,17?,18?,19?,20-,21-/m0/s1. The van der Waals surface area contributed by atoms with E-state index in [1.165, 1.54) is 12.5 Å². The third-order valence-electron chi connectivity index (χ3n) is 8.41. The van der Waals surface area contributed by atoms with Gasteiger partial charge in [-0.3, -0.25) is 14.8 Å². The van der Waals surface area contributed by atoms with Gasteiger partial charge in [0.15, 0.2) is 5.78 Å². The van der Waals surface area contributed by atoms with E-state index < -0.39 is 6.04 Å². The van der Waals surface area contributed by atoms with Crippen molar-refractivity contribution in [2.45, 2.75) is 77.9 Å². The molecule has 4 aliphatic carbocycles. The Balaban J connectivity index is 1.76. The van der Waals surface area contributed by atoms with Gasteiger partial charge in [0.05, 0.1) is 0 Å². The number of carbonyl (C=O) groups is 2. The Morgan fingerprint density at radius 2 is 2.04 bits per heavy atom. The van der Waals surface area contributed by atoms with E-state index in [2.05, 4.69) is 13.8 Å². The first kappa shape index (κ1) is 19.1. The fourth-order valence-corrected chi connectivity index (χ4v) is 7.31. The van der Waals surface area contributed by atoms with Crippen molar-refractivity contribution in [1.29, 1.82) is 0 Å². The first-order valence-corrected chi connectivity index (χ1v) is 10.2. The zero-order valence-electron chi connectivity index (χ0n) is 16.4. The highest BCUT2D eigenvalue weighted by Crippen LogP contribution is 2.66. The summed E-state index contributed by atoms with van der Waals surface area (Å²) in [5, 5.41) is 21.7. The van der Waals surface area contributed by atoms with Gasteiger partial charge in [-0.05, 0) is 67.3 Å². The second-order valence-electron chi connectivity index (χ2n) is 9.64. The number of ketones is 1. The van der Waals surface area contributed by atoms with Gasteiger partial charge in [-0.2, -0.15) is 0 Å². The molecule has 0 radical (unpaired) electrons. The SMILES string of the molecule is CC(=O)OC1C[C@@]2(C)C(CCC2N([O-])O)C2CCC3=CC(=O)CC[C@]3(C)C12. The fourth-order valence-electron chi connectivity index (χ4n) is 7.31. The Morgan fingerprint density at radius 1 is 1.30 bits per heavy atom. The molecule has 150 valence electrons. The maximum Gasteiger partial charge on any atom is 0.302 e. The molecule has 0 bridgehead atoms. The minimum absolute atomic E-state index is 0.132. The van der Waals surface area contributed by atoms with Crippen LogP contribution >= 0.6 is 0 Å². The van der Waals surface area contributed by atoms with Crippen molar-refractivity contribution in [3.8, 4) is 0 Å². The van der Waals surface area contributed by atoms with Gasteiger partial charge in [-0.25, -0.2) is 0 Å². The molecule has 3 saturated carbocycles. The van der Waals surface area contributed by atoms with E-state index in [1.54, 1.807) is 0 Å². The van der Waals surface area contributed by atoms with Crippen molar-refractivity contribution in [2.75, 3.05) is 0 Å². The van der Waals surface area contributed by atoms with Gasteiger partial charge in [-0.1, -0.05) is 19.4 Å². The smallest absolute Gasteiger partial charge is 0.302 e. The Kier molecular flexibility index (Phi) is 4.52. The van der Waals surface area contributed by atoms with E-state index in [9.17, 15) is 20.0 Å². The molecule has 4 aliphatic rings. The largest absolute Gasteiger partial charge is 0.762 e. The van der Waals surface area contributed by atoms with Crippen LogP contribution in [0.15, 0.2) is 11.6 Å². The molecule has 4 rings (SSSR count). The molecule has 7 atom stereocenters. The minimum Gasteiger partial charge on any atom is -0.762 e. The van der Waals surface area contributed by atoms with Crippen LogP contribution in [0, 0.1) is 33.8 Å². The molecule has 1 N–H and O–H groups in total. The summed E-state index contributed by atoms with van der Waals surface area (Å²) >= 11 is 0. The average Bonchev–Trinajstić information content (AvgIpc) is 2.91. The lowest BCUT2D eigenvalue weighted by Gasteiger charge is -2.60. The summed E-state index contributed by atoms with van der Waals surface area (Å²) in [4.78, 5) is 23.9. The topological polar surface area (TPSA) is 89.9 Å². The van der Waals surface area contributed by atoms with Gasteiger partial charge in [0.2, 0.25) is 0 Å². The van der Waals surface area contributed by atoms with E-state index in [0.29, 0.717) is 31.1 Å². The molecular formula is C21H30NO5-. The molecule has 3 fully saturated rings. The summed E-state index contributed by atoms with van der Waals surface area (Å²) in [5.41, 5.74) is 0.718. The number of allylic oxidation sites excluding steroid dienone is 1. The van der Waals surface area contributed by atoms with Gasteiger partial charge in [0, 0.05) is 25.3 Å². The maximum absolute atomic E-state index is 12.0. The third kappa shape index (κ3) is 2.79. The summed E-state index contributed by atoms with van der Waals surface area (Å²) < 4.78 is 5.85. The molecule has 6 heteroatoms. The number of hydroxylamine groups is 2. The lowest BCUT2D eigenvalue weighted by atomic mass is 9.46. The van der Waals surface area contributed by atoms with Crippen molar-refractivity contribution in [1.82, 2.24) is 5.23 Å². The van der Waals surface area contributed by atoms with E-state index in [-0.39, 0.29) is 39.8 Å². The Bertz CT molecular complexity index is 688. The number of esters is 1. The van der Waals surface area contributed by atoms with Crippen LogP contribution in [0.3, 0.4) is 0 Å². The van der Waals surface area contributed by atoms with Crippen LogP contribution in [-0.2, 0) is 14.3 Å². The van der Waals surface area contributed by atoms with Crippen LogP contribution in [0.2, 0.25) is 0 Å². The second-order valence-corrected chi connectivity index (χ2v) is 9.64. The summed E-state index contributed by atoms with van der Waals surface area (Å²) in [7, 11) is 0. The number of hydrogen-bond acceptors (Lipinski definition) is 6. The molecule has 0 aromatic carbocycles. The van der Waals surface area contributed by atoms with Crippen LogP contribution in [0.5, 0.6) is 0 Å². The first-order valence-electron chi connectivity index (χ1n) is 10.2. The van der Waals surface area contributed by atoms with Gasteiger partial charge >= 0.3 is 5.97 Å². The molecular weight excluding hydrogens is 346 g/mol. The van der Waals surface area contributed by atoms with Crippen molar-refractivity contribution in [3.63, 3.8) is 0 Å². The molecule has 0 aromatic heterocycles. The summed E-state index contributed by atoms with van der Waals surface area (Å²) in [6, 6.07) is -0.445. The molecule has 0 aromatic rings. The fraction of sp³-hybridized carbons (Fsp3) is 0.810. The third-order valence-corrected chi connectivity index (χ3v) is 8.41. The molecule has 0 aliphatic heterocycles. The monoisotopic (exact) mass is 376 g/mol. The predicted molar refractivity (Wildman–Crippen MR) is 98.4 cm³/mol. The number of ether oxygens (including phenoxy) is 1. The average molecular weight is 376 g/mol. The molecule has 27 heavy (non-hydrogen) atoms. The van der Waals surface area contributed by atoms with Crippen molar-refractivity contribution < 1.29 is 19.5 Å². The number of hydrogen-bond donors (Lipinski definition) is 1. The van der Waals surface area contributed by atoms with Crippen LogP contribution in [0.1, 0.15) is 65.7 Å². The number of carbonyl (C=O) groups excluding carboxylic acids is 2. The number of rotatable bonds is 2. The molecule has 6 nitrogen and oxygen atoms in total. The van der Waals surface area contributed by atoms with Crippen LogP contribution in [0.4, 0.5) is 0 Å². The predicted octanol–water partition coefficient (Wildman–Crippen LogP) is 3.62. The normalized spacial score (nSPS) is 46.4. The van der Waals surface area contributed by atoms with Gasteiger partial charge in [-0.15, -0.1) is 0 Å². The summed E-state index contributed by atoms with van der Waals surface area (Å²) in [6.07, 6.45) is 6.95. The molecule has 5 unspecified atom stereocenters. The van der Waals surface area contributed by atoms with E-state index >= 15 is 0 Å². The molecule has 0 spiro atoms. The zero-order valence-corrected chi connectivity index (χ0v) is 16.4. The lowest BCUT2D eigenvalue weighted by Crippen LogP contribution is -2.59. The van der Waals surface area contributed by atoms with E-state index in [1.807, 2.05) is 6.08 Å². The molecule has 0 heterocycles. The number of nitrogens with zero attached hydrogens (tertiary/aromatic N) is 1. The molecule has 0 saturated heterocycles. The Morgan fingerprint density at radius 3 is 2.70 bits per heavy atom. The van der Waals surface area contributed by atoms with E-state index in [4.69, 9.17) is 4.74 Å². The van der Waals surface area contributed by atoms with Gasteiger partial charge in [0.25, 0.3) is 0 Å². The minimum atomic E-state index is -0.445. The van der Waals surface area contributed by atoms with Crippen LogP contribution < -0.4 is 0 Å². The first-order chi connectivity index (χ1) is 12.7. The second kappa shape index (κ2) is 6.39. The molecule has 0 amide bonds. The van der Waals surface area contributed by atoms with Crippen molar-refractivity contribution in [2.24, 2.45) is 28.6 Å². The summed E-state index contributed by atoms with van der Waals surface area (Å²) in [6.45, 7) is 5.76. The zero-order chi connectivity index (χ0) is 19.6. The lowest BCUT2D eigenvalue weighted by molar-refractivity contribution is -0.187. The van der Waals surface area contributed by atoms with Crippen LogP contribution in [-0.4, -0.2) is 34.3 Å². The highest BCUT2D eigenvalue weighted by Gasteiger charge is 2.63. The van der Waals surface area contributed by atoms with Crippen molar-refractivity contribution in [3.05, 3.63) is 16.9 Å². The highest BCUT2D eigenvalue weighted by atomic mass is 16.8. The number of fused-ring (bicyclic) bond motifs is 5. The quantitative estimate of drug-likeness (QED) is 0.585. The van der Waals surface area contributed by atoms with Crippen LogP contribution in [0.25, 0.3) is 0 Å². The van der Waals surface area contributed by atoms with Gasteiger partial charge < -0.3 is 15.2 Å².